The zero-order valence-corrected chi connectivity index (χ0v) is 14.1. The molecule has 1 unspecified atom stereocenters. The fourth-order valence-corrected chi connectivity index (χ4v) is 4.13. The number of hydrogen-bond acceptors (Lipinski definition) is 2. The van der Waals surface area contributed by atoms with Crippen LogP contribution in [0.2, 0.25) is 0 Å². The van der Waals surface area contributed by atoms with Crippen LogP contribution in [-0.4, -0.2) is 11.7 Å². The highest BCUT2D eigenvalue weighted by Gasteiger charge is 2.50. The quantitative estimate of drug-likeness (QED) is 0.863. The second kappa shape index (κ2) is 6.17. The molecule has 0 aromatic heterocycles. The van der Waals surface area contributed by atoms with Crippen molar-refractivity contribution >= 4 is 15.9 Å². The van der Waals surface area contributed by atoms with Gasteiger partial charge < -0.3 is 10.8 Å². The first-order valence-electron chi connectivity index (χ1n) is 7.66. The summed E-state index contributed by atoms with van der Waals surface area (Å²) >= 11 is 3.51. The van der Waals surface area contributed by atoms with Gasteiger partial charge in [-0.1, -0.05) is 54.8 Å². The highest BCUT2D eigenvalue weighted by molar-refractivity contribution is 9.10. The molecule has 3 N–H and O–H groups in total. The Bertz CT molecular complexity index is 454. The second-order valence-corrected chi connectivity index (χ2v) is 7.31. The molecule has 2 rings (SSSR count). The average Bonchev–Trinajstić information content (AvgIpc) is 2.47. The first-order valence-corrected chi connectivity index (χ1v) is 8.45. The Kier molecular flexibility index (Phi) is 4.93. The molecule has 1 fully saturated rings. The maximum absolute atomic E-state index is 11.5. The van der Waals surface area contributed by atoms with Gasteiger partial charge >= 0.3 is 0 Å². The first-order chi connectivity index (χ1) is 9.47. The number of nitrogens with two attached hydrogens (primary N) is 1. The Morgan fingerprint density at radius 3 is 2.55 bits per heavy atom. The van der Waals surface area contributed by atoms with Gasteiger partial charge in [0.15, 0.2) is 0 Å². The number of rotatable bonds is 4. The minimum atomic E-state index is -0.828. The topological polar surface area (TPSA) is 46.2 Å². The van der Waals surface area contributed by atoms with Crippen molar-refractivity contribution in [1.82, 2.24) is 0 Å². The van der Waals surface area contributed by atoms with Crippen molar-refractivity contribution in [3.8, 4) is 0 Å². The minimum Gasteiger partial charge on any atom is -0.385 e. The lowest BCUT2D eigenvalue weighted by atomic mass is 9.58. The summed E-state index contributed by atoms with van der Waals surface area (Å²) in [6.07, 6.45) is 5.05. The Hall–Kier alpha value is -0.380. The molecule has 1 aromatic rings. The van der Waals surface area contributed by atoms with E-state index in [1.807, 2.05) is 24.3 Å². The molecule has 1 aliphatic rings. The number of aliphatic hydroxyl groups is 1. The molecule has 3 heteroatoms. The third-order valence-corrected chi connectivity index (χ3v) is 5.81. The van der Waals surface area contributed by atoms with E-state index in [0.29, 0.717) is 13.0 Å². The van der Waals surface area contributed by atoms with E-state index in [4.69, 9.17) is 5.73 Å². The third kappa shape index (κ3) is 2.68. The third-order valence-electron chi connectivity index (χ3n) is 5.31. The molecule has 0 aliphatic heterocycles. The predicted octanol–water partition coefficient (Wildman–Crippen LogP) is 4.20. The van der Waals surface area contributed by atoms with Crippen molar-refractivity contribution in [2.45, 2.75) is 51.6 Å². The molecule has 112 valence electrons. The van der Waals surface area contributed by atoms with E-state index in [-0.39, 0.29) is 5.41 Å². The molecule has 0 bridgehead atoms. The number of hydrogen-bond donors (Lipinski definition) is 2. The molecule has 0 radical (unpaired) electrons. The normalized spacial score (nSPS) is 29.9. The summed E-state index contributed by atoms with van der Waals surface area (Å²) in [5.41, 5.74) is 6.13. The van der Waals surface area contributed by atoms with E-state index < -0.39 is 5.60 Å². The van der Waals surface area contributed by atoms with Crippen LogP contribution in [-0.2, 0) is 5.60 Å². The molecule has 1 aromatic carbocycles. The lowest BCUT2D eigenvalue weighted by molar-refractivity contribution is -0.114. The zero-order valence-electron chi connectivity index (χ0n) is 12.5. The molecule has 0 heterocycles. The van der Waals surface area contributed by atoms with E-state index in [9.17, 15) is 5.11 Å². The van der Waals surface area contributed by atoms with Crippen LogP contribution in [0, 0.1) is 11.3 Å². The predicted molar refractivity (Wildman–Crippen MR) is 87.4 cm³/mol. The lowest BCUT2D eigenvalue weighted by Crippen LogP contribution is -2.52. The standard InChI is InChI=1S/C17H26BrNO/c1-3-17(20,14-5-4-6-15(18)11-14)16(12-19)9-7-13(2)8-10-16/h4-6,11,13,20H,3,7-10,12,19H2,1-2H3. The summed E-state index contributed by atoms with van der Waals surface area (Å²) in [5.74, 6) is 0.748. The van der Waals surface area contributed by atoms with Gasteiger partial charge in [0.2, 0.25) is 0 Å². The Morgan fingerprint density at radius 1 is 1.40 bits per heavy atom. The van der Waals surface area contributed by atoms with E-state index in [1.165, 1.54) is 0 Å². The van der Waals surface area contributed by atoms with Gasteiger partial charge in [-0.25, -0.2) is 0 Å². The smallest absolute Gasteiger partial charge is 0.0962 e. The summed E-state index contributed by atoms with van der Waals surface area (Å²) < 4.78 is 1.01. The van der Waals surface area contributed by atoms with Gasteiger partial charge in [-0.05, 0) is 42.9 Å². The summed E-state index contributed by atoms with van der Waals surface area (Å²) in [6, 6.07) is 8.07. The van der Waals surface area contributed by atoms with Crippen molar-refractivity contribution in [2.75, 3.05) is 6.54 Å². The van der Waals surface area contributed by atoms with Crippen LogP contribution in [0.4, 0.5) is 0 Å². The van der Waals surface area contributed by atoms with Gasteiger partial charge in [0, 0.05) is 16.4 Å². The summed E-state index contributed by atoms with van der Waals surface area (Å²) in [5, 5.41) is 11.5. The highest BCUT2D eigenvalue weighted by atomic mass is 79.9. The Labute approximate surface area is 130 Å². The van der Waals surface area contributed by atoms with Crippen LogP contribution in [0.1, 0.15) is 51.5 Å². The Morgan fingerprint density at radius 2 is 2.05 bits per heavy atom. The van der Waals surface area contributed by atoms with Crippen molar-refractivity contribution in [2.24, 2.45) is 17.1 Å². The van der Waals surface area contributed by atoms with Crippen LogP contribution >= 0.6 is 15.9 Å². The monoisotopic (exact) mass is 339 g/mol. The molecule has 2 nitrogen and oxygen atoms in total. The van der Waals surface area contributed by atoms with Crippen LogP contribution in [0.5, 0.6) is 0 Å². The van der Waals surface area contributed by atoms with Gasteiger partial charge in [0.25, 0.3) is 0 Å². The Balaban J connectivity index is 2.42. The number of halogens is 1. The molecule has 20 heavy (non-hydrogen) atoms. The fourth-order valence-electron chi connectivity index (χ4n) is 3.73. The maximum Gasteiger partial charge on any atom is 0.0962 e. The van der Waals surface area contributed by atoms with Crippen molar-refractivity contribution in [1.29, 1.82) is 0 Å². The number of benzene rings is 1. The van der Waals surface area contributed by atoms with E-state index in [2.05, 4.69) is 29.8 Å². The molecule has 1 saturated carbocycles. The van der Waals surface area contributed by atoms with Crippen LogP contribution in [0.25, 0.3) is 0 Å². The SMILES string of the molecule is CCC(O)(c1cccc(Br)c1)C1(CN)CCC(C)CC1. The summed E-state index contributed by atoms with van der Waals surface area (Å²) in [4.78, 5) is 0. The maximum atomic E-state index is 11.5. The van der Waals surface area contributed by atoms with E-state index in [1.54, 1.807) is 0 Å². The van der Waals surface area contributed by atoms with Crippen LogP contribution < -0.4 is 5.73 Å². The van der Waals surface area contributed by atoms with E-state index >= 15 is 0 Å². The van der Waals surface area contributed by atoms with Crippen molar-refractivity contribution < 1.29 is 5.11 Å². The van der Waals surface area contributed by atoms with Crippen LogP contribution in [0.3, 0.4) is 0 Å². The van der Waals surface area contributed by atoms with E-state index in [0.717, 1.165) is 41.6 Å². The average molecular weight is 340 g/mol. The fraction of sp³-hybridized carbons (Fsp3) is 0.647. The lowest BCUT2D eigenvalue weighted by Gasteiger charge is -2.50. The minimum absolute atomic E-state index is 0.185. The molecule has 0 spiro atoms. The van der Waals surface area contributed by atoms with Crippen molar-refractivity contribution in [3.63, 3.8) is 0 Å². The van der Waals surface area contributed by atoms with Gasteiger partial charge in [-0.3, -0.25) is 0 Å². The van der Waals surface area contributed by atoms with Gasteiger partial charge in [0.05, 0.1) is 5.60 Å². The van der Waals surface area contributed by atoms with Gasteiger partial charge in [0.1, 0.15) is 0 Å². The molecule has 1 aliphatic carbocycles. The van der Waals surface area contributed by atoms with Crippen molar-refractivity contribution in [3.05, 3.63) is 34.3 Å². The molecule has 0 saturated heterocycles. The van der Waals surface area contributed by atoms with Gasteiger partial charge in [-0.2, -0.15) is 0 Å². The van der Waals surface area contributed by atoms with Gasteiger partial charge in [-0.15, -0.1) is 0 Å². The second-order valence-electron chi connectivity index (χ2n) is 6.39. The molecular weight excluding hydrogens is 314 g/mol. The van der Waals surface area contributed by atoms with Crippen LogP contribution in [0.15, 0.2) is 28.7 Å². The molecule has 1 atom stereocenters. The largest absolute Gasteiger partial charge is 0.385 e. The zero-order chi connectivity index (χ0) is 14.8. The highest BCUT2D eigenvalue weighted by Crippen LogP contribution is 2.52. The molecular formula is C17H26BrNO. The molecule has 0 amide bonds. The summed E-state index contributed by atoms with van der Waals surface area (Å²) in [7, 11) is 0. The first kappa shape index (κ1) is 16.0. The summed E-state index contributed by atoms with van der Waals surface area (Å²) in [6.45, 7) is 4.91.